The summed E-state index contributed by atoms with van der Waals surface area (Å²) >= 11 is 0. The summed E-state index contributed by atoms with van der Waals surface area (Å²) in [5.41, 5.74) is 0. The zero-order chi connectivity index (χ0) is 12.2. The molecule has 0 radical (unpaired) electrons. The van der Waals surface area contributed by atoms with E-state index >= 15 is 0 Å². The van der Waals surface area contributed by atoms with Gasteiger partial charge in [-0.2, -0.15) is 0 Å². The minimum Gasteiger partial charge on any atom is -0.468 e. The molecule has 15 heavy (non-hydrogen) atoms. The van der Waals surface area contributed by atoms with Gasteiger partial charge < -0.3 is 9.47 Å². The van der Waals surface area contributed by atoms with E-state index < -0.39 is 23.8 Å². The first-order valence-corrected chi connectivity index (χ1v) is 4.88. The Morgan fingerprint density at radius 3 is 2.40 bits per heavy atom. The molecule has 0 aromatic rings. The van der Waals surface area contributed by atoms with Gasteiger partial charge in [0.05, 0.1) is 14.2 Å². The molecule has 1 rings (SSSR count). The summed E-state index contributed by atoms with van der Waals surface area (Å²) < 4.78 is 17.3. The van der Waals surface area contributed by atoms with Crippen LogP contribution in [0.3, 0.4) is 0 Å². The van der Waals surface area contributed by atoms with Crippen molar-refractivity contribution in [1.29, 1.82) is 0 Å². The van der Waals surface area contributed by atoms with Crippen LogP contribution in [0.15, 0.2) is 12.2 Å². The monoisotopic (exact) mass is 213 g/mol. The topological polar surface area (TPSA) is 52.6 Å². The fourth-order valence-corrected chi connectivity index (χ4v) is 1.62. The summed E-state index contributed by atoms with van der Waals surface area (Å²) in [5, 5.41) is 0. The first kappa shape index (κ1) is 10.2. The number of rotatable bonds is 3. The van der Waals surface area contributed by atoms with Gasteiger partial charge in [0.1, 0.15) is 0 Å². The summed E-state index contributed by atoms with van der Waals surface area (Å²) in [4.78, 5) is 23.1. The molecule has 1 aliphatic carbocycles. The van der Waals surface area contributed by atoms with Gasteiger partial charge in [-0.1, -0.05) is 12.2 Å². The van der Waals surface area contributed by atoms with Crippen molar-refractivity contribution in [2.75, 3.05) is 14.2 Å². The molecule has 0 fully saturated rings. The molecule has 0 bridgehead atoms. The predicted octanol–water partition coefficient (Wildman–Crippen LogP) is 1.30. The van der Waals surface area contributed by atoms with E-state index in [4.69, 9.17) is 1.37 Å². The number of ether oxygens (including phenoxy) is 2. The lowest BCUT2D eigenvalue weighted by molar-refractivity contribution is -0.160. The van der Waals surface area contributed by atoms with Crippen LogP contribution >= 0.6 is 0 Å². The molecule has 0 amide bonds. The van der Waals surface area contributed by atoms with Crippen molar-refractivity contribution in [3.05, 3.63) is 12.2 Å². The van der Waals surface area contributed by atoms with Gasteiger partial charge in [-0.25, -0.2) is 0 Å². The van der Waals surface area contributed by atoms with E-state index in [9.17, 15) is 9.59 Å². The minimum absolute atomic E-state index is 0.457. The van der Waals surface area contributed by atoms with Gasteiger partial charge in [0.15, 0.2) is 5.92 Å². The quantitative estimate of drug-likeness (QED) is 0.403. The molecule has 0 aliphatic heterocycles. The van der Waals surface area contributed by atoms with Gasteiger partial charge in [0.25, 0.3) is 0 Å². The fourth-order valence-electron chi connectivity index (χ4n) is 1.62. The summed E-state index contributed by atoms with van der Waals surface area (Å²) in [5.74, 6) is -3.86. The first-order valence-electron chi connectivity index (χ1n) is 5.38. The number of allylic oxidation sites excluding steroid dienone is 2. The average molecular weight is 213 g/mol. The lowest BCUT2D eigenvalue weighted by atomic mass is 9.84. The van der Waals surface area contributed by atoms with Crippen molar-refractivity contribution in [3.63, 3.8) is 0 Å². The molecule has 0 aromatic carbocycles. The van der Waals surface area contributed by atoms with Gasteiger partial charge in [0, 0.05) is 7.26 Å². The number of carbonyl (C=O) groups excluding carboxylic acids is 2. The van der Waals surface area contributed by atoms with Crippen molar-refractivity contribution < 1.29 is 20.4 Å². The highest BCUT2D eigenvalue weighted by Gasteiger charge is 2.35. The van der Waals surface area contributed by atoms with Crippen molar-refractivity contribution in [3.8, 4) is 0 Å². The van der Waals surface area contributed by atoms with E-state index in [0.717, 1.165) is 12.8 Å². The van der Waals surface area contributed by atoms with Crippen LogP contribution in [0.5, 0.6) is 0 Å². The molecular weight excluding hydrogens is 196 g/mol. The zero-order valence-corrected chi connectivity index (χ0v) is 8.99. The second-order valence-corrected chi connectivity index (χ2v) is 3.35. The highest BCUT2D eigenvalue weighted by Crippen LogP contribution is 2.26. The molecule has 0 aromatic heterocycles. The Morgan fingerprint density at radius 1 is 1.40 bits per heavy atom. The average Bonchev–Trinajstić information content (AvgIpc) is 2.29. The van der Waals surface area contributed by atoms with Crippen LogP contribution in [0.1, 0.15) is 20.6 Å². The first-order chi connectivity index (χ1) is 7.55. The second kappa shape index (κ2) is 5.53. The van der Waals surface area contributed by atoms with E-state index in [1.165, 1.54) is 14.2 Å². The highest BCUT2D eigenvalue weighted by atomic mass is 16.5. The van der Waals surface area contributed by atoms with Gasteiger partial charge in [-0.15, -0.1) is 0 Å². The molecule has 4 nitrogen and oxygen atoms in total. The molecular formula is C11H16O4. The SMILES string of the molecule is [2H]C1(C(C(=O)OC)C(=O)OC)C=CCCC1. The Kier molecular flexibility index (Phi) is 3.77. The maximum Gasteiger partial charge on any atom is 0.320 e. The molecule has 0 N–H and O–H groups in total. The van der Waals surface area contributed by atoms with Crippen molar-refractivity contribution in [1.82, 2.24) is 0 Å². The van der Waals surface area contributed by atoms with Crippen molar-refractivity contribution >= 4 is 11.9 Å². The third-order valence-electron chi connectivity index (χ3n) is 2.41. The smallest absolute Gasteiger partial charge is 0.320 e. The van der Waals surface area contributed by atoms with Crippen molar-refractivity contribution in [2.24, 2.45) is 11.8 Å². The molecule has 0 saturated carbocycles. The number of esters is 2. The molecule has 4 heteroatoms. The number of hydrogen-bond acceptors (Lipinski definition) is 4. The normalized spacial score (nSPS) is 25.9. The summed E-state index contributed by atoms with van der Waals surface area (Å²) in [6, 6.07) is 0. The Balaban J connectivity index is 2.99. The lowest BCUT2D eigenvalue weighted by Gasteiger charge is -2.22. The summed E-state index contributed by atoms with van der Waals surface area (Å²) in [6.07, 6.45) is 5.52. The summed E-state index contributed by atoms with van der Waals surface area (Å²) in [6.45, 7) is 0. The van der Waals surface area contributed by atoms with Gasteiger partial charge in [0.2, 0.25) is 0 Å². The minimum atomic E-state index is -1.24. The standard InChI is InChI=1S/C11H16O4/c1-14-10(12)9(11(13)15-2)8-6-4-3-5-7-8/h4,6,8-9H,3,5,7H2,1-2H3/i8D. The van der Waals surface area contributed by atoms with E-state index in [1.54, 1.807) is 6.08 Å². The summed E-state index contributed by atoms with van der Waals surface area (Å²) in [7, 11) is 2.41. The zero-order valence-electron chi connectivity index (χ0n) is 9.99. The van der Waals surface area contributed by atoms with Crippen LogP contribution < -0.4 is 0 Å². The maximum atomic E-state index is 11.5. The Hall–Kier alpha value is -1.32. The van der Waals surface area contributed by atoms with Gasteiger partial charge in [-0.3, -0.25) is 9.59 Å². The van der Waals surface area contributed by atoms with E-state index in [0.29, 0.717) is 6.42 Å². The van der Waals surface area contributed by atoms with Crippen LogP contribution in [0.4, 0.5) is 0 Å². The van der Waals surface area contributed by atoms with Crippen LogP contribution in [-0.4, -0.2) is 26.2 Å². The number of methoxy groups -OCH3 is 2. The maximum absolute atomic E-state index is 11.5. The molecule has 1 atom stereocenters. The molecule has 0 saturated heterocycles. The fraction of sp³-hybridized carbons (Fsp3) is 0.636. The third kappa shape index (κ3) is 2.81. The van der Waals surface area contributed by atoms with Gasteiger partial charge >= 0.3 is 11.9 Å². The molecule has 84 valence electrons. The molecule has 1 aliphatic rings. The van der Waals surface area contributed by atoms with E-state index in [-0.39, 0.29) is 0 Å². The molecule has 1 unspecified atom stereocenters. The van der Waals surface area contributed by atoms with Crippen LogP contribution in [0.25, 0.3) is 0 Å². The Bertz CT molecular complexity index is 297. The Morgan fingerprint density at radius 2 is 2.00 bits per heavy atom. The molecule has 0 spiro atoms. The van der Waals surface area contributed by atoms with Crippen molar-refractivity contribution in [2.45, 2.75) is 19.3 Å². The van der Waals surface area contributed by atoms with Crippen LogP contribution in [-0.2, 0) is 19.1 Å². The number of hydrogen-bond donors (Lipinski definition) is 0. The second-order valence-electron chi connectivity index (χ2n) is 3.35. The van der Waals surface area contributed by atoms with Crippen LogP contribution in [0, 0.1) is 11.8 Å². The highest BCUT2D eigenvalue weighted by molar-refractivity contribution is 5.95. The van der Waals surface area contributed by atoms with Gasteiger partial charge in [-0.05, 0) is 19.3 Å². The Labute approximate surface area is 90.6 Å². The largest absolute Gasteiger partial charge is 0.468 e. The number of carbonyl (C=O) groups is 2. The van der Waals surface area contributed by atoms with Crippen LogP contribution in [0.2, 0.25) is 0 Å². The molecule has 0 heterocycles. The lowest BCUT2D eigenvalue weighted by Crippen LogP contribution is -2.33. The van der Waals surface area contributed by atoms with E-state index in [2.05, 4.69) is 9.47 Å². The van der Waals surface area contributed by atoms with E-state index in [1.807, 2.05) is 6.08 Å². The predicted molar refractivity (Wildman–Crippen MR) is 54.0 cm³/mol. The third-order valence-corrected chi connectivity index (χ3v) is 2.41.